The summed E-state index contributed by atoms with van der Waals surface area (Å²) in [6.07, 6.45) is 5.28. The van der Waals surface area contributed by atoms with Crippen LogP contribution in [0.3, 0.4) is 0 Å². The van der Waals surface area contributed by atoms with Crippen LogP contribution in [0.2, 0.25) is 0 Å². The number of likely N-dealkylation sites (tertiary alicyclic amines) is 1. The van der Waals surface area contributed by atoms with Crippen LogP contribution in [0.15, 0.2) is 6.07 Å². The van der Waals surface area contributed by atoms with Crippen molar-refractivity contribution in [1.29, 1.82) is 0 Å². The average Bonchev–Trinajstić information content (AvgIpc) is 3.08. The minimum atomic E-state index is 0.847. The van der Waals surface area contributed by atoms with Crippen LogP contribution in [-0.4, -0.2) is 40.4 Å². The second-order valence-corrected chi connectivity index (χ2v) is 6.31. The lowest BCUT2D eigenvalue weighted by Crippen LogP contribution is -2.28. The Kier molecular flexibility index (Phi) is 4.41. The second-order valence-electron chi connectivity index (χ2n) is 6.31. The normalized spacial score (nSPS) is 23.6. The van der Waals surface area contributed by atoms with Gasteiger partial charge in [0.1, 0.15) is 0 Å². The molecular weight excluding hydrogens is 248 g/mol. The summed E-state index contributed by atoms with van der Waals surface area (Å²) in [6, 6.07) is 3.19. The fourth-order valence-electron chi connectivity index (χ4n) is 3.31. The first-order valence-electron chi connectivity index (χ1n) is 8.30. The van der Waals surface area contributed by atoms with E-state index in [1.807, 2.05) is 0 Å². The molecule has 1 saturated carbocycles. The van der Waals surface area contributed by atoms with Crippen LogP contribution in [0.1, 0.15) is 44.5 Å². The molecular formula is C16H28N4. The van der Waals surface area contributed by atoms with Gasteiger partial charge in [0.05, 0.1) is 11.4 Å². The van der Waals surface area contributed by atoms with Gasteiger partial charge < -0.3 is 10.2 Å². The minimum Gasteiger partial charge on any atom is -0.311 e. The molecule has 1 saturated heterocycles. The summed E-state index contributed by atoms with van der Waals surface area (Å²) >= 11 is 0. The first-order valence-corrected chi connectivity index (χ1v) is 8.30. The highest BCUT2D eigenvalue weighted by Gasteiger charge is 2.33. The Hall–Kier alpha value is -0.870. The van der Waals surface area contributed by atoms with E-state index in [9.17, 15) is 0 Å². The third kappa shape index (κ3) is 3.23. The molecule has 0 bridgehead atoms. The molecule has 1 atom stereocenters. The molecule has 1 aromatic rings. The number of aryl methyl sites for hydroxylation is 2. The molecule has 1 aliphatic carbocycles. The fraction of sp³-hybridized carbons (Fsp3) is 0.812. The summed E-state index contributed by atoms with van der Waals surface area (Å²) in [5.41, 5.74) is 2.55. The Balaban J connectivity index is 1.44. The number of rotatable bonds is 7. The van der Waals surface area contributed by atoms with Crippen molar-refractivity contribution in [1.82, 2.24) is 20.0 Å². The predicted octanol–water partition coefficient (Wildman–Crippen LogP) is 2.04. The van der Waals surface area contributed by atoms with Crippen LogP contribution in [0, 0.1) is 5.92 Å². The van der Waals surface area contributed by atoms with E-state index in [4.69, 9.17) is 0 Å². The molecule has 4 heteroatoms. The fourth-order valence-corrected chi connectivity index (χ4v) is 3.31. The molecule has 0 amide bonds. The molecule has 0 spiro atoms. The van der Waals surface area contributed by atoms with E-state index >= 15 is 0 Å². The lowest BCUT2D eigenvalue weighted by atomic mass is 10.1. The molecule has 2 heterocycles. The molecule has 2 aliphatic rings. The summed E-state index contributed by atoms with van der Waals surface area (Å²) < 4.78 is 2.14. The van der Waals surface area contributed by atoms with Crippen LogP contribution in [0.25, 0.3) is 0 Å². The number of hydrogen-bond acceptors (Lipinski definition) is 3. The number of nitrogens with zero attached hydrogens (tertiary/aromatic N) is 3. The van der Waals surface area contributed by atoms with Crippen LogP contribution in [0.5, 0.6) is 0 Å². The Morgan fingerprint density at radius 3 is 2.85 bits per heavy atom. The largest absolute Gasteiger partial charge is 0.311 e. The zero-order valence-corrected chi connectivity index (χ0v) is 12.9. The topological polar surface area (TPSA) is 33.1 Å². The van der Waals surface area contributed by atoms with Gasteiger partial charge in [-0.15, -0.1) is 0 Å². The van der Waals surface area contributed by atoms with Gasteiger partial charge in [-0.1, -0.05) is 6.92 Å². The lowest BCUT2D eigenvalue weighted by molar-refractivity contribution is 0.311. The number of nitrogens with one attached hydrogen (secondary N) is 1. The van der Waals surface area contributed by atoms with E-state index in [1.165, 1.54) is 43.7 Å². The number of hydrogen-bond donors (Lipinski definition) is 1. The zero-order chi connectivity index (χ0) is 13.9. The summed E-state index contributed by atoms with van der Waals surface area (Å²) in [5.74, 6) is 0.847. The van der Waals surface area contributed by atoms with E-state index in [0.717, 1.165) is 38.0 Å². The Bertz CT molecular complexity index is 436. The van der Waals surface area contributed by atoms with Crippen molar-refractivity contribution in [3.05, 3.63) is 17.5 Å². The SMILES string of the molecule is CCc1cc(CNCC2CCN(C3CC3)C2)n(CC)n1. The van der Waals surface area contributed by atoms with Crippen molar-refractivity contribution in [2.75, 3.05) is 19.6 Å². The molecule has 0 aromatic carbocycles. The van der Waals surface area contributed by atoms with Crippen LogP contribution < -0.4 is 5.32 Å². The smallest absolute Gasteiger partial charge is 0.0625 e. The van der Waals surface area contributed by atoms with Gasteiger partial charge in [0.15, 0.2) is 0 Å². The maximum Gasteiger partial charge on any atom is 0.0625 e. The lowest BCUT2D eigenvalue weighted by Gasteiger charge is -2.15. The summed E-state index contributed by atoms with van der Waals surface area (Å²) in [5, 5.41) is 8.26. The van der Waals surface area contributed by atoms with Gasteiger partial charge in [-0.2, -0.15) is 5.10 Å². The Morgan fingerprint density at radius 2 is 2.15 bits per heavy atom. The third-order valence-corrected chi connectivity index (χ3v) is 4.70. The summed E-state index contributed by atoms with van der Waals surface area (Å²) in [4.78, 5) is 2.69. The van der Waals surface area contributed by atoms with Crippen LogP contribution >= 0.6 is 0 Å². The molecule has 2 fully saturated rings. The standard InChI is InChI=1S/C16H28N4/c1-3-14-9-16(20(4-2)18-14)11-17-10-13-7-8-19(12-13)15-5-6-15/h9,13,15,17H,3-8,10-12H2,1-2H3. The first-order chi connectivity index (χ1) is 9.80. The predicted molar refractivity (Wildman–Crippen MR) is 81.7 cm³/mol. The maximum atomic E-state index is 4.61. The van der Waals surface area contributed by atoms with Crippen LogP contribution in [-0.2, 0) is 19.5 Å². The molecule has 20 heavy (non-hydrogen) atoms. The van der Waals surface area contributed by atoms with Crippen molar-refractivity contribution < 1.29 is 0 Å². The maximum absolute atomic E-state index is 4.61. The van der Waals surface area contributed by atoms with E-state index in [0.29, 0.717) is 0 Å². The zero-order valence-electron chi connectivity index (χ0n) is 12.9. The van der Waals surface area contributed by atoms with Gasteiger partial charge in [-0.3, -0.25) is 4.68 Å². The van der Waals surface area contributed by atoms with Gasteiger partial charge in [-0.05, 0) is 57.7 Å². The highest BCUT2D eigenvalue weighted by Crippen LogP contribution is 2.31. The monoisotopic (exact) mass is 276 g/mol. The quantitative estimate of drug-likeness (QED) is 0.827. The third-order valence-electron chi connectivity index (χ3n) is 4.70. The van der Waals surface area contributed by atoms with Crippen molar-refractivity contribution in [2.45, 2.75) is 58.7 Å². The molecule has 3 rings (SSSR count). The average molecular weight is 276 g/mol. The molecule has 112 valence electrons. The van der Waals surface area contributed by atoms with E-state index in [2.05, 4.69) is 39.9 Å². The molecule has 4 nitrogen and oxygen atoms in total. The van der Waals surface area contributed by atoms with Crippen LogP contribution in [0.4, 0.5) is 0 Å². The summed E-state index contributed by atoms with van der Waals surface area (Å²) in [7, 11) is 0. The highest BCUT2D eigenvalue weighted by atomic mass is 15.3. The summed E-state index contributed by atoms with van der Waals surface area (Å²) in [6.45, 7) is 10.1. The van der Waals surface area contributed by atoms with E-state index in [-0.39, 0.29) is 0 Å². The Morgan fingerprint density at radius 1 is 1.30 bits per heavy atom. The van der Waals surface area contributed by atoms with Crippen molar-refractivity contribution in [2.24, 2.45) is 5.92 Å². The molecule has 1 N–H and O–H groups in total. The van der Waals surface area contributed by atoms with Crippen molar-refractivity contribution in [3.63, 3.8) is 0 Å². The Labute approximate surface area is 122 Å². The highest BCUT2D eigenvalue weighted by molar-refractivity contribution is 5.10. The minimum absolute atomic E-state index is 0.847. The molecule has 1 aromatic heterocycles. The molecule has 1 aliphatic heterocycles. The molecule has 1 unspecified atom stereocenters. The van der Waals surface area contributed by atoms with Gasteiger partial charge in [0.2, 0.25) is 0 Å². The van der Waals surface area contributed by atoms with E-state index < -0.39 is 0 Å². The number of aromatic nitrogens is 2. The van der Waals surface area contributed by atoms with Gasteiger partial charge in [-0.25, -0.2) is 0 Å². The van der Waals surface area contributed by atoms with Gasteiger partial charge in [0, 0.05) is 25.7 Å². The van der Waals surface area contributed by atoms with Crippen molar-refractivity contribution >= 4 is 0 Å². The first kappa shape index (κ1) is 14.1. The van der Waals surface area contributed by atoms with Gasteiger partial charge >= 0.3 is 0 Å². The molecule has 0 radical (unpaired) electrons. The second kappa shape index (κ2) is 6.27. The van der Waals surface area contributed by atoms with Gasteiger partial charge in [0.25, 0.3) is 0 Å². The van der Waals surface area contributed by atoms with Crippen molar-refractivity contribution in [3.8, 4) is 0 Å². The van der Waals surface area contributed by atoms with E-state index in [1.54, 1.807) is 0 Å².